The fraction of sp³-hybridized carbons (Fsp3) is 0.286. The van der Waals surface area contributed by atoms with Crippen LogP contribution in [0.2, 0.25) is 0 Å². The zero-order chi connectivity index (χ0) is 13.0. The summed E-state index contributed by atoms with van der Waals surface area (Å²) in [6.45, 7) is 3.69. The van der Waals surface area contributed by atoms with Gasteiger partial charge in [0, 0.05) is 18.0 Å². The summed E-state index contributed by atoms with van der Waals surface area (Å²) in [6, 6.07) is 7.40. The van der Waals surface area contributed by atoms with Crippen LogP contribution in [-0.4, -0.2) is 0 Å². The highest BCUT2D eigenvalue weighted by molar-refractivity contribution is 9.10. The molecule has 2 rings (SSSR count). The minimum Gasteiger partial charge on any atom is -0.308 e. The molecule has 0 radical (unpaired) electrons. The van der Waals surface area contributed by atoms with Crippen molar-refractivity contribution in [2.24, 2.45) is 0 Å². The molecule has 1 aromatic heterocycles. The average Bonchev–Trinajstić information content (AvgIpc) is 2.81. The number of hydrogen-bond donors (Lipinski definition) is 1. The Morgan fingerprint density at radius 1 is 1.28 bits per heavy atom. The van der Waals surface area contributed by atoms with Crippen molar-refractivity contribution in [3.63, 3.8) is 0 Å². The van der Waals surface area contributed by atoms with Gasteiger partial charge in [-0.2, -0.15) is 0 Å². The lowest BCUT2D eigenvalue weighted by molar-refractivity contribution is 0.614. The van der Waals surface area contributed by atoms with Crippen LogP contribution in [0.3, 0.4) is 0 Å². The van der Waals surface area contributed by atoms with Gasteiger partial charge in [-0.1, -0.05) is 13.0 Å². The molecule has 0 saturated carbocycles. The number of thiophene rings is 1. The van der Waals surface area contributed by atoms with E-state index in [0.29, 0.717) is 11.0 Å². The first-order valence-corrected chi connectivity index (χ1v) is 7.58. The summed E-state index contributed by atoms with van der Waals surface area (Å²) in [4.78, 5) is 1.37. The van der Waals surface area contributed by atoms with E-state index in [-0.39, 0.29) is 5.82 Å². The largest absolute Gasteiger partial charge is 0.308 e. The van der Waals surface area contributed by atoms with E-state index >= 15 is 0 Å². The molecule has 0 atom stereocenters. The zero-order valence-corrected chi connectivity index (χ0v) is 12.6. The van der Waals surface area contributed by atoms with Crippen LogP contribution in [0.15, 0.2) is 34.1 Å². The maximum atomic E-state index is 13.3. The van der Waals surface area contributed by atoms with Crippen LogP contribution < -0.4 is 5.32 Å². The lowest BCUT2D eigenvalue weighted by atomic mass is 10.2. The predicted molar refractivity (Wildman–Crippen MR) is 78.3 cm³/mol. The van der Waals surface area contributed by atoms with E-state index in [1.54, 1.807) is 23.5 Å². The lowest BCUT2D eigenvalue weighted by Crippen LogP contribution is -2.12. The molecule has 1 aromatic carbocycles. The molecule has 0 aliphatic rings. The van der Waals surface area contributed by atoms with Crippen LogP contribution >= 0.6 is 27.3 Å². The molecule has 0 fully saturated rings. The molecular formula is C14H15BrFNS. The first kappa shape index (κ1) is 13.7. The summed E-state index contributed by atoms with van der Waals surface area (Å²) in [6.07, 6.45) is 1.06. The first-order valence-electron chi connectivity index (χ1n) is 5.90. The van der Waals surface area contributed by atoms with Crippen LogP contribution in [0.1, 0.15) is 22.9 Å². The van der Waals surface area contributed by atoms with Gasteiger partial charge in [0.1, 0.15) is 5.82 Å². The second kappa shape index (κ2) is 6.45. The van der Waals surface area contributed by atoms with E-state index in [1.807, 2.05) is 6.07 Å². The third-order valence-corrected chi connectivity index (χ3v) is 4.42. The normalized spacial score (nSPS) is 10.8. The number of rotatable bonds is 5. The van der Waals surface area contributed by atoms with Crippen LogP contribution in [-0.2, 0) is 19.5 Å². The minimum atomic E-state index is -0.209. The van der Waals surface area contributed by atoms with Crippen LogP contribution in [0.4, 0.5) is 4.39 Å². The minimum absolute atomic E-state index is 0.209. The fourth-order valence-corrected chi connectivity index (χ4v) is 3.00. The van der Waals surface area contributed by atoms with Crippen LogP contribution in [0, 0.1) is 5.82 Å². The van der Waals surface area contributed by atoms with E-state index in [2.05, 4.69) is 39.6 Å². The van der Waals surface area contributed by atoms with Gasteiger partial charge < -0.3 is 5.32 Å². The molecule has 1 nitrogen and oxygen atoms in total. The molecule has 0 aliphatic heterocycles. The van der Waals surface area contributed by atoms with E-state index < -0.39 is 0 Å². The SMILES string of the molecule is CCc1ccsc1CNCc1ccc(Br)c(F)c1. The van der Waals surface area contributed by atoms with Crippen LogP contribution in [0.5, 0.6) is 0 Å². The van der Waals surface area contributed by atoms with Crippen molar-refractivity contribution in [3.05, 3.63) is 55.9 Å². The van der Waals surface area contributed by atoms with Gasteiger partial charge in [-0.25, -0.2) is 4.39 Å². The summed E-state index contributed by atoms with van der Waals surface area (Å²) in [5.74, 6) is -0.209. The Hall–Kier alpha value is -0.710. The maximum absolute atomic E-state index is 13.3. The predicted octanol–water partition coefficient (Wildman–Crippen LogP) is 4.50. The summed E-state index contributed by atoms with van der Waals surface area (Å²) >= 11 is 4.92. The van der Waals surface area contributed by atoms with Crippen molar-refractivity contribution in [2.45, 2.75) is 26.4 Å². The third-order valence-electron chi connectivity index (χ3n) is 2.82. The molecule has 96 valence electrons. The highest BCUT2D eigenvalue weighted by Crippen LogP contribution is 2.18. The summed E-state index contributed by atoms with van der Waals surface area (Å²) in [7, 11) is 0. The second-order valence-corrected chi connectivity index (χ2v) is 5.93. The summed E-state index contributed by atoms with van der Waals surface area (Å²) in [5, 5.41) is 5.47. The smallest absolute Gasteiger partial charge is 0.137 e. The molecule has 1 heterocycles. The summed E-state index contributed by atoms with van der Waals surface area (Å²) < 4.78 is 13.8. The molecule has 0 saturated heterocycles. The Bertz CT molecular complexity index is 524. The number of hydrogen-bond acceptors (Lipinski definition) is 2. The maximum Gasteiger partial charge on any atom is 0.137 e. The lowest BCUT2D eigenvalue weighted by Gasteiger charge is -2.06. The van der Waals surface area contributed by atoms with Crippen molar-refractivity contribution in [3.8, 4) is 0 Å². The zero-order valence-electron chi connectivity index (χ0n) is 10.2. The van der Waals surface area contributed by atoms with Crippen molar-refractivity contribution in [1.82, 2.24) is 5.32 Å². The van der Waals surface area contributed by atoms with Crippen molar-refractivity contribution < 1.29 is 4.39 Å². The summed E-state index contributed by atoms with van der Waals surface area (Å²) in [5.41, 5.74) is 2.36. The number of aryl methyl sites for hydroxylation is 1. The number of nitrogens with one attached hydrogen (secondary N) is 1. The quantitative estimate of drug-likeness (QED) is 0.852. The molecular weight excluding hydrogens is 313 g/mol. The third kappa shape index (κ3) is 3.40. The Morgan fingerprint density at radius 3 is 2.83 bits per heavy atom. The molecule has 4 heteroatoms. The fourth-order valence-electron chi connectivity index (χ4n) is 1.81. The van der Waals surface area contributed by atoms with Gasteiger partial charge in [-0.15, -0.1) is 11.3 Å². The van der Waals surface area contributed by atoms with Crippen molar-refractivity contribution in [1.29, 1.82) is 0 Å². The molecule has 0 aliphatic carbocycles. The van der Waals surface area contributed by atoms with E-state index in [0.717, 1.165) is 18.5 Å². The Morgan fingerprint density at radius 2 is 2.11 bits per heavy atom. The molecule has 0 unspecified atom stereocenters. The van der Waals surface area contributed by atoms with Gasteiger partial charge in [0.15, 0.2) is 0 Å². The second-order valence-electron chi connectivity index (χ2n) is 4.07. The molecule has 0 amide bonds. The standard InChI is InChI=1S/C14H15BrFNS/c1-2-11-5-6-18-14(11)9-17-8-10-3-4-12(15)13(16)7-10/h3-7,17H,2,8-9H2,1H3. The number of benzene rings is 1. The highest BCUT2D eigenvalue weighted by atomic mass is 79.9. The number of halogens is 2. The van der Waals surface area contributed by atoms with E-state index in [4.69, 9.17) is 0 Å². The Kier molecular flexibility index (Phi) is 4.92. The first-order chi connectivity index (χ1) is 8.70. The van der Waals surface area contributed by atoms with E-state index in [9.17, 15) is 4.39 Å². The molecule has 0 bridgehead atoms. The van der Waals surface area contributed by atoms with Gasteiger partial charge in [0.25, 0.3) is 0 Å². The van der Waals surface area contributed by atoms with Crippen molar-refractivity contribution in [2.75, 3.05) is 0 Å². The monoisotopic (exact) mass is 327 g/mol. The molecule has 18 heavy (non-hydrogen) atoms. The molecule has 0 spiro atoms. The van der Waals surface area contributed by atoms with Gasteiger partial charge in [-0.3, -0.25) is 0 Å². The van der Waals surface area contributed by atoms with Gasteiger partial charge in [0.05, 0.1) is 4.47 Å². The van der Waals surface area contributed by atoms with Gasteiger partial charge in [0.2, 0.25) is 0 Å². The molecule has 1 N–H and O–H groups in total. The van der Waals surface area contributed by atoms with Crippen LogP contribution in [0.25, 0.3) is 0 Å². The Labute approximate surface area is 119 Å². The topological polar surface area (TPSA) is 12.0 Å². The van der Waals surface area contributed by atoms with E-state index in [1.165, 1.54) is 10.4 Å². The molecule has 2 aromatic rings. The van der Waals surface area contributed by atoms with Crippen molar-refractivity contribution >= 4 is 27.3 Å². The van der Waals surface area contributed by atoms with Gasteiger partial charge in [-0.05, 0) is 57.1 Å². The van der Waals surface area contributed by atoms with Gasteiger partial charge >= 0.3 is 0 Å². The Balaban J connectivity index is 1.90. The highest BCUT2D eigenvalue weighted by Gasteiger charge is 2.03. The average molecular weight is 328 g/mol.